The van der Waals surface area contributed by atoms with Gasteiger partial charge >= 0.3 is 6.03 Å². The SMILES string of the molecule is CCOc1cc(/C=C2\C(=O)NC(=O)N(c3cc4c5c(c3)[C@H](c3ccccc3)CCN5CC[C@@H]4c3ccccc3)C2=O)cc(I)c1OC(C)C. The van der Waals surface area contributed by atoms with Gasteiger partial charge in [0.25, 0.3) is 11.8 Å². The third-order valence-corrected chi connectivity index (χ3v) is 10.2. The molecule has 9 heteroatoms. The van der Waals surface area contributed by atoms with Gasteiger partial charge in [0.05, 0.1) is 22.0 Å². The summed E-state index contributed by atoms with van der Waals surface area (Å²) in [6.45, 7) is 8.03. The minimum atomic E-state index is -0.763. The lowest BCUT2D eigenvalue weighted by molar-refractivity contribution is -0.122. The van der Waals surface area contributed by atoms with E-state index >= 15 is 0 Å². The van der Waals surface area contributed by atoms with Crippen molar-refractivity contribution in [1.29, 1.82) is 0 Å². The van der Waals surface area contributed by atoms with Gasteiger partial charge in [0.15, 0.2) is 11.5 Å². The van der Waals surface area contributed by atoms with E-state index < -0.39 is 17.8 Å². The van der Waals surface area contributed by atoms with Gasteiger partial charge in [-0.2, -0.15) is 0 Å². The molecule has 0 saturated carbocycles. The van der Waals surface area contributed by atoms with Crippen molar-refractivity contribution in [2.45, 2.75) is 51.6 Å². The van der Waals surface area contributed by atoms with Crippen LogP contribution in [-0.4, -0.2) is 43.6 Å². The molecule has 0 spiro atoms. The molecular formula is C40H38IN3O5. The second-order valence-electron chi connectivity index (χ2n) is 12.9. The number of carbonyl (C=O) groups excluding carboxylic acids is 3. The highest BCUT2D eigenvalue weighted by Gasteiger charge is 2.40. The normalized spacial score (nSPS) is 19.6. The molecule has 0 aliphatic carbocycles. The van der Waals surface area contributed by atoms with Crippen LogP contribution in [0.3, 0.4) is 0 Å². The number of nitrogens with zero attached hydrogens (tertiary/aromatic N) is 2. The van der Waals surface area contributed by atoms with Crippen molar-refractivity contribution < 1.29 is 23.9 Å². The van der Waals surface area contributed by atoms with E-state index in [9.17, 15) is 14.4 Å². The fourth-order valence-corrected chi connectivity index (χ4v) is 8.06. The average Bonchev–Trinajstić information content (AvgIpc) is 3.09. The Bertz CT molecular complexity index is 1890. The molecule has 3 aliphatic rings. The molecule has 3 heterocycles. The van der Waals surface area contributed by atoms with E-state index in [2.05, 4.69) is 81.3 Å². The molecule has 250 valence electrons. The highest BCUT2D eigenvalue weighted by Crippen LogP contribution is 2.50. The first-order chi connectivity index (χ1) is 23.7. The summed E-state index contributed by atoms with van der Waals surface area (Å²) in [6.07, 6.45) is 3.28. The summed E-state index contributed by atoms with van der Waals surface area (Å²) >= 11 is 2.17. The molecule has 4 aromatic carbocycles. The van der Waals surface area contributed by atoms with Gasteiger partial charge in [-0.3, -0.25) is 14.9 Å². The van der Waals surface area contributed by atoms with Crippen LogP contribution in [0.15, 0.2) is 90.5 Å². The molecule has 4 aromatic rings. The molecule has 0 bridgehead atoms. The summed E-state index contributed by atoms with van der Waals surface area (Å²) in [5.41, 5.74) is 6.64. The number of amides is 4. The smallest absolute Gasteiger partial charge is 0.335 e. The summed E-state index contributed by atoms with van der Waals surface area (Å²) in [7, 11) is 0. The maximum Gasteiger partial charge on any atom is 0.335 e. The highest BCUT2D eigenvalue weighted by molar-refractivity contribution is 14.1. The lowest BCUT2D eigenvalue weighted by atomic mass is 9.76. The summed E-state index contributed by atoms with van der Waals surface area (Å²) in [6, 6.07) is 27.6. The van der Waals surface area contributed by atoms with Crippen molar-refractivity contribution in [2.24, 2.45) is 0 Å². The Morgan fingerprint density at radius 3 is 2.02 bits per heavy atom. The van der Waals surface area contributed by atoms with Crippen molar-refractivity contribution in [3.05, 3.63) is 122 Å². The van der Waals surface area contributed by atoms with Gasteiger partial charge in [-0.1, -0.05) is 60.7 Å². The Hall–Kier alpha value is -4.64. The number of halogens is 1. The van der Waals surface area contributed by atoms with E-state index in [4.69, 9.17) is 9.47 Å². The standard InChI is InChI=1S/C40H38IN3O5/c1-4-48-35-21-25(20-34(41)37(35)49-24(2)3)19-33-38(45)42-40(47)44(39(33)46)28-22-31-29(26-11-7-5-8-12-26)15-17-43-18-16-30(32(23-28)36(31)43)27-13-9-6-10-14-27/h5-14,19-24,29-30H,4,15-18H2,1-3H3,(H,42,45,47)/b33-19+/t29-,30+. The van der Waals surface area contributed by atoms with E-state index in [0.29, 0.717) is 29.4 Å². The second kappa shape index (κ2) is 13.7. The van der Waals surface area contributed by atoms with Crippen LogP contribution < -0.4 is 24.6 Å². The van der Waals surface area contributed by atoms with Crippen LogP contribution in [0.5, 0.6) is 11.5 Å². The molecule has 1 saturated heterocycles. The van der Waals surface area contributed by atoms with Gasteiger partial charge < -0.3 is 14.4 Å². The van der Waals surface area contributed by atoms with Crippen LogP contribution in [0.1, 0.15) is 73.3 Å². The van der Waals surface area contributed by atoms with Crippen molar-refractivity contribution in [2.75, 3.05) is 29.5 Å². The van der Waals surface area contributed by atoms with E-state index in [0.717, 1.165) is 45.5 Å². The summed E-state index contributed by atoms with van der Waals surface area (Å²) in [4.78, 5) is 44.8. The zero-order chi connectivity index (χ0) is 34.2. The van der Waals surface area contributed by atoms with Crippen LogP contribution in [0, 0.1) is 3.57 Å². The van der Waals surface area contributed by atoms with Gasteiger partial charge in [0, 0.05) is 30.6 Å². The van der Waals surface area contributed by atoms with Crippen molar-refractivity contribution in [3.8, 4) is 11.5 Å². The first kappa shape index (κ1) is 32.9. The van der Waals surface area contributed by atoms with E-state index in [-0.39, 0.29) is 23.5 Å². The molecule has 7 rings (SSSR count). The van der Waals surface area contributed by atoms with Gasteiger partial charge in [-0.15, -0.1) is 0 Å². The minimum Gasteiger partial charge on any atom is -0.490 e. The molecule has 2 atom stereocenters. The molecule has 3 aliphatic heterocycles. The van der Waals surface area contributed by atoms with E-state index in [1.54, 1.807) is 6.07 Å². The summed E-state index contributed by atoms with van der Waals surface area (Å²) in [5.74, 6) is -0.113. The molecule has 1 N–H and O–H groups in total. The third-order valence-electron chi connectivity index (χ3n) is 9.36. The Morgan fingerprint density at radius 2 is 1.47 bits per heavy atom. The largest absolute Gasteiger partial charge is 0.490 e. The number of urea groups is 1. The molecule has 1 fully saturated rings. The van der Waals surface area contributed by atoms with Gasteiger partial charge in [-0.05, 0) is 114 Å². The van der Waals surface area contributed by atoms with E-state index in [1.165, 1.54) is 22.9 Å². The topological polar surface area (TPSA) is 88.2 Å². The van der Waals surface area contributed by atoms with Crippen molar-refractivity contribution in [3.63, 3.8) is 0 Å². The Balaban J connectivity index is 1.35. The molecule has 49 heavy (non-hydrogen) atoms. The number of barbiturate groups is 1. The van der Waals surface area contributed by atoms with Crippen LogP contribution in [-0.2, 0) is 9.59 Å². The zero-order valence-electron chi connectivity index (χ0n) is 27.7. The maximum atomic E-state index is 14.3. The predicted octanol–water partition coefficient (Wildman–Crippen LogP) is 8.02. The summed E-state index contributed by atoms with van der Waals surface area (Å²) < 4.78 is 12.7. The number of hydrogen-bond acceptors (Lipinski definition) is 6. The monoisotopic (exact) mass is 767 g/mol. The Morgan fingerprint density at radius 1 is 0.878 bits per heavy atom. The second-order valence-corrected chi connectivity index (χ2v) is 14.0. The molecule has 8 nitrogen and oxygen atoms in total. The maximum absolute atomic E-state index is 14.3. The number of imide groups is 2. The predicted molar refractivity (Wildman–Crippen MR) is 200 cm³/mol. The molecular weight excluding hydrogens is 729 g/mol. The Kier molecular flexibility index (Phi) is 9.19. The molecule has 0 aromatic heterocycles. The number of anilines is 2. The Labute approximate surface area is 300 Å². The first-order valence-corrected chi connectivity index (χ1v) is 17.9. The summed E-state index contributed by atoms with van der Waals surface area (Å²) in [5, 5.41) is 2.44. The fourth-order valence-electron chi connectivity index (χ4n) is 7.31. The van der Waals surface area contributed by atoms with Crippen LogP contribution in [0.4, 0.5) is 16.2 Å². The van der Waals surface area contributed by atoms with Crippen LogP contribution >= 0.6 is 22.6 Å². The average molecular weight is 768 g/mol. The van der Waals surface area contributed by atoms with E-state index in [1.807, 2.05) is 51.1 Å². The lowest BCUT2D eigenvalue weighted by Gasteiger charge is -2.44. The molecule has 4 amide bonds. The van der Waals surface area contributed by atoms with Crippen molar-refractivity contribution in [1.82, 2.24) is 5.32 Å². The highest BCUT2D eigenvalue weighted by atomic mass is 127. The molecule has 0 unspecified atom stereocenters. The zero-order valence-corrected chi connectivity index (χ0v) is 29.9. The van der Waals surface area contributed by atoms with Gasteiger partial charge in [0.2, 0.25) is 0 Å². The first-order valence-electron chi connectivity index (χ1n) is 16.8. The van der Waals surface area contributed by atoms with Crippen molar-refractivity contribution >= 4 is 57.9 Å². The lowest BCUT2D eigenvalue weighted by Crippen LogP contribution is -2.54. The number of benzene rings is 4. The van der Waals surface area contributed by atoms with Crippen LogP contribution in [0.25, 0.3) is 6.08 Å². The number of carbonyl (C=O) groups is 3. The number of hydrogen-bond donors (Lipinski definition) is 1. The fraction of sp³-hybridized carbons (Fsp3) is 0.275. The molecule has 0 radical (unpaired) electrons. The quantitative estimate of drug-likeness (QED) is 0.111. The van der Waals surface area contributed by atoms with Gasteiger partial charge in [0.1, 0.15) is 5.57 Å². The number of nitrogens with one attached hydrogen (secondary N) is 1. The van der Waals surface area contributed by atoms with Crippen LogP contribution in [0.2, 0.25) is 0 Å². The number of ether oxygens (including phenoxy) is 2. The third kappa shape index (κ3) is 6.32. The minimum absolute atomic E-state index is 0.0703. The number of rotatable bonds is 8. The van der Waals surface area contributed by atoms with Gasteiger partial charge in [-0.25, -0.2) is 9.69 Å².